The van der Waals surface area contributed by atoms with Crippen molar-refractivity contribution in [3.63, 3.8) is 0 Å². The first kappa shape index (κ1) is 6.90. The summed E-state index contributed by atoms with van der Waals surface area (Å²) >= 11 is 0. The highest BCUT2D eigenvalue weighted by Crippen LogP contribution is 2.24. The van der Waals surface area contributed by atoms with Crippen molar-refractivity contribution in [1.82, 2.24) is 5.16 Å². The summed E-state index contributed by atoms with van der Waals surface area (Å²) in [5.41, 5.74) is 11.1. The molecule has 5 heteroatoms. The first-order valence-electron chi connectivity index (χ1n) is 3.28. The summed E-state index contributed by atoms with van der Waals surface area (Å²) in [6.07, 6.45) is 0. The van der Waals surface area contributed by atoms with Crippen molar-refractivity contribution in [3.05, 3.63) is 17.9 Å². The number of hydrogen-bond donors (Lipinski definition) is 2. The summed E-state index contributed by atoms with van der Waals surface area (Å²) in [4.78, 5) is 0. The lowest BCUT2D eigenvalue weighted by Crippen LogP contribution is -1.90. The summed E-state index contributed by atoms with van der Waals surface area (Å²) in [6.45, 7) is 0. The molecular weight excluding hydrogens is 161 g/mol. The predicted octanol–water partition coefficient (Wildman–Crippen LogP) is 1.13. The summed E-state index contributed by atoms with van der Waals surface area (Å²) in [7, 11) is 0. The van der Waals surface area contributed by atoms with Crippen LogP contribution in [0, 0.1) is 5.82 Å². The van der Waals surface area contributed by atoms with Crippen LogP contribution in [0.25, 0.3) is 11.0 Å². The fourth-order valence-corrected chi connectivity index (χ4v) is 0.992. The second-order valence-corrected chi connectivity index (χ2v) is 2.44. The third-order valence-electron chi connectivity index (χ3n) is 1.62. The zero-order valence-corrected chi connectivity index (χ0v) is 6.04. The lowest BCUT2D eigenvalue weighted by Gasteiger charge is -1.93. The summed E-state index contributed by atoms with van der Waals surface area (Å²) in [5.74, 6) is -0.346. The van der Waals surface area contributed by atoms with E-state index in [2.05, 4.69) is 5.16 Å². The highest BCUT2D eigenvalue weighted by molar-refractivity contribution is 5.88. The van der Waals surface area contributed by atoms with E-state index in [4.69, 9.17) is 16.0 Å². The lowest BCUT2D eigenvalue weighted by molar-refractivity contribution is 0.460. The van der Waals surface area contributed by atoms with Crippen molar-refractivity contribution in [3.8, 4) is 0 Å². The third-order valence-corrected chi connectivity index (χ3v) is 1.62. The molecule has 0 aliphatic heterocycles. The first-order valence-corrected chi connectivity index (χ1v) is 3.28. The zero-order valence-electron chi connectivity index (χ0n) is 6.04. The second-order valence-electron chi connectivity index (χ2n) is 2.44. The van der Waals surface area contributed by atoms with Gasteiger partial charge in [-0.05, 0) is 6.07 Å². The lowest BCUT2D eigenvalue weighted by atomic mass is 10.2. The van der Waals surface area contributed by atoms with Crippen LogP contribution in [0.15, 0.2) is 16.7 Å². The quantitative estimate of drug-likeness (QED) is 0.576. The fraction of sp³-hybridized carbons (Fsp3) is 0. The summed E-state index contributed by atoms with van der Waals surface area (Å²) in [5, 5.41) is 3.90. The minimum absolute atomic E-state index is 0.0265. The highest BCUT2D eigenvalue weighted by atomic mass is 19.1. The standard InChI is InChI=1S/C7H6FN3O/c8-4-1-3-6(2-5(4)9)12-11-7(3)10/h1-2H,9H2,(H2,10,11). The average molecular weight is 167 g/mol. The topological polar surface area (TPSA) is 78.1 Å². The number of hydrogen-bond acceptors (Lipinski definition) is 4. The van der Waals surface area contributed by atoms with Gasteiger partial charge in [0.15, 0.2) is 11.4 Å². The van der Waals surface area contributed by atoms with Gasteiger partial charge in [-0.2, -0.15) is 0 Å². The Balaban J connectivity index is 2.87. The number of nitrogens with two attached hydrogens (primary N) is 2. The Morgan fingerprint density at radius 1 is 1.33 bits per heavy atom. The second kappa shape index (κ2) is 2.10. The normalized spacial score (nSPS) is 10.8. The predicted molar refractivity (Wildman–Crippen MR) is 42.8 cm³/mol. The molecule has 0 unspecified atom stereocenters. The Morgan fingerprint density at radius 2 is 2.08 bits per heavy atom. The van der Waals surface area contributed by atoms with E-state index in [-0.39, 0.29) is 11.5 Å². The minimum atomic E-state index is -0.516. The van der Waals surface area contributed by atoms with Gasteiger partial charge in [0.2, 0.25) is 0 Å². The van der Waals surface area contributed by atoms with Gasteiger partial charge in [-0.3, -0.25) is 0 Å². The van der Waals surface area contributed by atoms with Crippen LogP contribution in [0.3, 0.4) is 0 Å². The largest absolute Gasteiger partial charge is 0.396 e. The molecule has 0 aliphatic rings. The van der Waals surface area contributed by atoms with Crippen molar-refractivity contribution < 1.29 is 8.91 Å². The molecule has 0 bridgehead atoms. The maximum atomic E-state index is 12.9. The molecule has 1 heterocycles. The van der Waals surface area contributed by atoms with Crippen molar-refractivity contribution in [2.75, 3.05) is 11.5 Å². The Hall–Kier alpha value is -1.78. The zero-order chi connectivity index (χ0) is 8.72. The number of anilines is 2. The fourth-order valence-electron chi connectivity index (χ4n) is 0.992. The molecule has 2 rings (SSSR count). The first-order chi connectivity index (χ1) is 5.68. The van der Waals surface area contributed by atoms with E-state index >= 15 is 0 Å². The van der Waals surface area contributed by atoms with Crippen molar-refractivity contribution in [1.29, 1.82) is 0 Å². The van der Waals surface area contributed by atoms with Gasteiger partial charge in [0.05, 0.1) is 11.1 Å². The van der Waals surface area contributed by atoms with Crippen LogP contribution >= 0.6 is 0 Å². The monoisotopic (exact) mass is 167 g/mol. The molecule has 0 saturated carbocycles. The Labute approximate surface area is 66.9 Å². The molecule has 12 heavy (non-hydrogen) atoms. The molecule has 0 amide bonds. The van der Waals surface area contributed by atoms with Gasteiger partial charge in [-0.25, -0.2) is 4.39 Å². The molecule has 0 aliphatic carbocycles. The average Bonchev–Trinajstić information content (AvgIpc) is 2.35. The third kappa shape index (κ3) is 0.795. The Bertz CT molecular complexity index is 437. The van der Waals surface area contributed by atoms with E-state index < -0.39 is 5.82 Å². The molecule has 1 aromatic heterocycles. The van der Waals surface area contributed by atoms with Gasteiger partial charge in [-0.1, -0.05) is 5.16 Å². The van der Waals surface area contributed by atoms with Crippen molar-refractivity contribution >= 4 is 22.5 Å². The van der Waals surface area contributed by atoms with Crippen molar-refractivity contribution in [2.24, 2.45) is 0 Å². The number of halogens is 1. The molecule has 2 aromatic rings. The maximum Gasteiger partial charge on any atom is 0.174 e. The maximum absolute atomic E-state index is 12.9. The van der Waals surface area contributed by atoms with Gasteiger partial charge in [-0.15, -0.1) is 0 Å². The van der Waals surface area contributed by atoms with Crippen LogP contribution < -0.4 is 11.5 Å². The number of benzene rings is 1. The molecule has 0 radical (unpaired) electrons. The smallest absolute Gasteiger partial charge is 0.174 e. The molecular formula is C7H6FN3O. The molecule has 0 spiro atoms. The van der Waals surface area contributed by atoms with E-state index in [1.807, 2.05) is 0 Å². The van der Waals surface area contributed by atoms with Crippen LogP contribution in [0.2, 0.25) is 0 Å². The van der Waals surface area contributed by atoms with Gasteiger partial charge < -0.3 is 16.0 Å². The number of aromatic nitrogens is 1. The van der Waals surface area contributed by atoms with E-state index in [9.17, 15) is 4.39 Å². The molecule has 1 aromatic carbocycles. The molecule has 0 saturated heterocycles. The van der Waals surface area contributed by atoms with E-state index in [0.717, 1.165) is 0 Å². The van der Waals surface area contributed by atoms with E-state index in [0.29, 0.717) is 11.0 Å². The van der Waals surface area contributed by atoms with E-state index in [1.165, 1.54) is 12.1 Å². The van der Waals surface area contributed by atoms with E-state index in [1.54, 1.807) is 0 Å². The molecule has 0 atom stereocenters. The molecule has 4 nitrogen and oxygen atoms in total. The van der Waals surface area contributed by atoms with Crippen LogP contribution in [0.1, 0.15) is 0 Å². The molecule has 0 fully saturated rings. The van der Waals surface area contributed by atoms with Crippen LogP contribution in [-0.2, 0) is 0 Å². The van der Waals surface area contributed by atoms with Crippen LogP contribution in [0.5, 0.6) is 0 Å². The van der Waals surface area contributed by atoms with Crippen molar-refractivity contribution in [2.45, 2.75) is 0 Å². The summed E-state index contributed by atoms with van der Waals surface area (Å²) in [6, 6.07) is 2.56. The number of fused-ring (bicyclic) bond motifs is 1. The van der Waals surface area contributed by atoms with Gasteiger partial charge in [0, 0.05) is 6.07 Å². The van der Waals surface area contributed by atoms with Gasteiger partial charge >= 0.3 is 0 Å². The summed E-state index contributed by atoms with van der Waals surface area (Å²) < 4.78 is 17.6. The van der Waals surface area contributed by atoms with Gasteiger partial charge in [0.25, 0.3) is 0 Å². The van der Waals surface area contributed by atoms with Gasteiger partial charge in [0.1, 0.15) is 5.82 Å². The molecule has 4 N–H and O–H groups in total. The minimum Gasteiger partial charge on any atom is -0.396 e. The highest BCUT2D eigenvalue weighted by Gasteiger charge is 2.08. The SMILES string of the molecule is Nc1cc2onc(N)c2cc1F. The Kier molecular flexibility index (Phi) is 1.21. The molecule has 62 valence electrons. The Morgan fingerprint density at radius 3 is 2.83 bits per heavy atom. The van der Waals surface area contributed by atoms with Crippen LogP contribution in [-0.4, -0.2) is 5.16 Å². The number of nitrogens with zero attached hydrogens (tertiary/aromatic N) is 1. The number of rotatable bonds is 0. The number of nitrogen functional groups attached to an aromatic ring is 2. The van der Waals surface area contributed by atoms with Crippen LogP contribution in [0.4, 0.5) is 15.9 Å².